The average Bonchev–Trinajstić information content (AvgIpc) is 2.55. The Labute approximate surface area is 124 Å². The minimum atomic E-state index is 0.223. The lowest BCUT2D eigenvalue weighted by Gasteiger charge is -2.26. The number of methoxy groups -OCH3 is 1. The van der Waals surface area contributed by atoms with Gasteiger partial charge in [-0.05, 0) is 36.5 Å². The molecule has 3 heteroatoms. The van der Waals surface area contributed by atoms with Crippen molar-refractivity contribution >= 4 is 5.71 Å². The summed E-state index contributed by atoms with van der Waals surface area (Å²) >= 11 is 0. The fourth-order valence-corrected chi connectivity index (χ4v) is 3.15. The third kappa shape index (κ3) is 2.64. The standard InChI is InChI=1S/C18H19NO2/c1-21-17-9-5-3-7-14(17)12-15-11-10-13-6-2-4-8-16(13)18(15)19-20/h2-9,15,20H,10-12H2,1H3. The molecule has 0 fully saturated rings. The van der Waals surface area contributed by atoms with Crippen molar-refractivity contribution in [1.29, 1.82) is 0 Å². The quantitative estimate of drug-likeness (QED) is 0.689. The molecule has 0 bridgehead atoms. The summed E-state index contributed by atoms with van der Waals surface area (Å²) in [6, 6.07) is 16.2. The van der Waals surface area contributed by atoms with Crippen LogP contribution in [0.25, 0.3) is 0 Å². The number of rotatable bonds is 3. The number of nitrogens with zero attached hydrogens (tertiary/aromatic N) is 1. The number of aryl methyl sites for hydroxylation is 1. The van der Waals surface area contributed by atoms with E-state index in [0.717, 1.165) is 41.9 Å². The van der Waals surface area contributed by atoms with Gasteiger partial charge in [0.05, 0.1) is 12.8 Å². The highest BCUT2D eigenvalue weighted by Gasteiger charge is 2.26. The van der Waals surface area contributed by atoms with Crippen LogP contribution < -0.4 is 4.74 Å². The van der Waals surface area contributed by atoms with E-state index < -0.39 is 0 Å². The van der Waals surface area contributed by atoms with E-state index in [0.29, 0.717) is 0 Å². The minimum absolute atomic E-state index is 0.223. The topological polar surface area (TPSA) is 41.8 Å². The molecule has 1 aliphatic rings. The molecular formula is C18H19NO2. The van der Waals surface area contributed by atoms with Crippen molar-refractivity contribution in [3.63, 3.8) is 0 Å². The molecule has 0 aromatic heterocycles. The molecule has 0 amide bonds. The zero-order valence-corrected chi connectivity index (χ0v) is 12.1. The van der Waals surface area contributed by atoms with Crippen LogP contribution in [0.2, 0.25) is 0 Å². The second-order valence-electron chi connectivity index (χ2n) is 5.39. The largest absolute Gasteiger partial charge is 0.496 e. The van der Waals surface area contributed by atoms with Crippen LogP contribution in [0.15, 0.2) is 53.7 Å². The van der Waals surface area contributed by atoms with Crippen LogP contribution in [0.1, 0.15) is 23.1 Å². The molecule has 0 spiro atoms. The van der Waals surface area contributed by atoms with Gasteiger partial charge in [-0.2, -0.15) is 0 Å². The maximum atomic E-state index is 9.47. The maximum absolute atomic E-state index is 9.47. The van der Waals surface area contributed by atoms with Gasteiger partial charge in [0, 0.05) is 11.5 Å². The predicted molar refractivity (Wildman–Crippen MR) is 83.3 cm³/mol. The van der Waals surface area contributed by atoms with Gasteiger partial charge in [0.2, 0.25) is 0 Å². The zero-order valence-electron chi connectivity index (χ0n) is 12.1. The van der Waals surface area contributed by atoms with Gasteiger partial charge < -0.3 is 9.94 Å². The molecule has 2 aromatic carbocycles. The second kappa shape index (κ2) is 6.00. The van der Waals surface area contributed by atoms with E-state index in [1.165, 1.54) is 5.56 Å². The third-order valence-electron chi connectivity index (χ3n) is 4.21. The molecule has 0 saturated heterocycles. The monoisotopic (exact) mass is 281 g/mol. The molecule has 1 atom stereocenters. The Balaban J connectivity index is 1.90. The minimum Gasteiger partial charge on any atom is -0.496 e. The molecule has 0 aliphatic heterocycles. The highest BCUT2D eigenvalue weighted by atomic mass is 16.5. The van der Waals surface area contributed by atoms with Crippen LogP contribution in [0.4, 0.5) is 0 Å². The molecule has 1 unspecified atom stereocenters. The molecule has 1 aliphatic carbocycles. The Morgan fingerprint density at radius 1 is 1.14 bits per heavy atom. The van der Waals surface area contributed by atoms with Gasteiger partial charge in [0.1, 0.15) is 5.75 Å². The van der Waals surface area contributed by atoms with Crippen LogP contribution in [-0.4, -0.2) is 18.0 Å². The number of para-hydroxylation sites is 1. The van der Waals surface area contributed by atoms with E-state index in [-0.39, 0.29) is 5.92 Å². The normalized spacial score (nSPS) is 19.3. The summed E-state index contributed by atoms with van der Waals surface area (Å²) in [6.07, 6.45) is 2.85. The van der Waals surface area contributed by atoms with Crippen LogP contribution in [0.5, 0.6) is 5.75 Å². The number of hydrogen-bond donors (Lipinski definition) is 1. The number of ether oxygens (including phenoxy) is 1. The molecule has 2 aromatic rings. The number of oxime groups is 1. The summed E-state index contributed by atoms with van der Waals surface area (Å²) < 4.78 is 5.42. The van der Waals surface area contributed by atoms with Crippen molar-refractivity contribution in [3.8, 4) is 5.75 Å². The van der Waals surface area contributed by atoms with E-state index >= 15 is 0 Å². The Morgan fingerprint density at radius 3 is 2.71 bits per heavy atom. The van der Waals surface area contributed by atoms with Gasteiger partial charge in [-0.3, -0.25) is 0 Å². The molecule has 1 N–H and O–H groups in total. The molecule has 108 valence electrons. The van der Waals surface area contributed by atoms with Crippen LogP contribution >= 0.6 is 0 Å². The summed E-state index contributed by atoms with van der Waals surface area (Å²) in [5.41, 5.74) is 4.29. The lowest BCUT2D eigenvalue weighted by molar-refractivity contribution is 0.313. The molecule has 3 nitrogen and oxygen atoms in total. The van der Waals surface area contributed by atoms with Gasteiger partial charge in [-0.1, -0.05) is 47.6 Å². The average molecular weight is 281 g/mol. The van der Waals surface area contributed by atoms with E-state index in [1.54, 1.807) is 7.11 Å². The summed E-state index contributed by atoms with van der Waals surface area (Å²) in [4.78, 5) is 0. The SMILES string of the molecule is COc1ccccc1CC1CCc2ccccc2C1=NO. The molecule has 0 saturated carbocycles. The summed E-state index contributed by atoms with van der Waals surface area (Å²) in [5, 5.41) is 13.1. The van der Waals surface area contributed by atoms with Gasteiger partial charge in [0.25, 0.3) is 0 Å². The van der Waals surface area contributed by atoms with E-state index in [2.05, 4.69) is 17.3 Å². The number of benzene rings is 2. The zero-order chi connectivity index (χ0) is 14.7. The van der Waals surface area contributed by atoms with Crippen molar-refractivity contribution in [1.82, 2.24) is 0 Å². The Hall–Kier alpha value is -2.29. The first-order valence-electron chi connectivity index (χ1n) is 7.25. The maximum Gasteiger partial charge on any atom is 0.122 e. The number of hydrogen-bond acceptors (Lipinski definition) is 3. The first-order chi connectivity index (χ1) is 10.3. The molecule has 0 radical (unpaired) electrons. The van der Waals surface area contributed by atoms with E-state index in [9.17, 15) is 5.21 Å². The second-order valence-corrected chi connectivity index (χ2v) is 5.39. The van der Waals surface area contributed by atoms with Crippen molar-refractivity contribution in [3.05, 3.63) is 65.2 Å². The van der Waals surface area contributed by atoms with E-state index in [1.807, 2.05) is 36.4 Å². The van der Waals surface area contributed by atoms with Crippen molar-refractivity contribution < 1.29 is 9.94 Å². The summed E-state index contributed by atoms with van der Waals surface area (Å²) in [5.74, 6) is 1.12. The first-order valence-corrected chi connectivity index (χ1v) is 7.25. The highest BCUT2D eigenvalue weighted by molar-refractivity contribution is 6.04. The lowest BCUT2D eigenvalue weighted by Crippen LogP contribution is -2.25. The predicted octanol–water partition coefficient (Wildman–Crippen LogP) is 3.68. The first kappa shape index (κ1) is 13.7. The Kier molecular flexibility index (Phi) is 3.91. The van der Waals surface area contributed by atoms with E-state index in [4.69, 9.17) is 4.74 Å². The van der Waals surface area contributed by atoms with Gasteiger partial charge in [-0.25, -0.2) is 0 Å². The van der Waals surface area contributed by atoms with Crippen LogP contribution in [0.3, 0.4) is 0 Å². The molecule has 21 heavy (non-hydrogen) atoms. The third-order valence-corrected chi connectivity index (χ3v) is 4.21. The lowest BCUT2D eigenvalue weighted by atomic mass is 9.79. The number of fused-ring (bicyclic) bond motifs is 1. The van der Waals surface area contributed by atoms with Gasteiger partial charge in [-0.15, -0.1) is 0 Å². The molecule has 0 heterocycles. The Bertz CT molecular complexity index is 664. The van der Waals surface area contributed by atoms with Gasteiger partial charge >= 0.3 is 0 Å². The molecule has 3 rings (SSSR count). The fraction of sp³-hybridized carbons (Fsp3) is 0.278. The highest BCUT2D eigenvalue weighted by Crippen LogP contribution is 2.30. The van der Waals surface area contributed by atoms with Crippen LogP contribution in [0, 0.1) is 5.92 Å². The van der Waals surface area contributed by atoms with Crippen molar-refractivity contribution in [2.75, 3.05) is 7.11 Å². The van der Waals surface area contributed by atoms with Crippen molar-refractivity contribution in [2.24, 2.45) is 11.1 Å². The molecular weight excluding hydrogens is 262 g/mol. The van der Waals surface area contributed by atoms with Gasteiger partial charge in [0.15, 0.2) is 0 Å². The van der Waals surface area contributed by atoms with Crippen LogP contribution in [-0.2, 0) is 12.8 Å². The smallest absolute Gasteiger partial charge is 0.122 e. The summed E-state index contributed by atoms with van der Waals surface area (Å²) in [6.45, 7) is 0. The fourth-order valence-electron chi connectivity index (χ4n) is 3.15. The summed E-state index contributed by atoms with van der Waals surface area (Å²) in [7, 11) is 1.69. The Morgan fingerprint density at radius 2 is 1.90 bits per heavy atom. The van der Waals surface area contributed by atoms with Crippen molar-refractivity contribution in [2.45, 2.75) is 19.3 Å².